The molecule has 1 saturated heterocycles. The van der Waals surface area contributed by atoms with Crippen molar-refractivity contribution >= 4 is 39.1 Å². The van der Waals surface area contributed by atoms with E-state index in [1.165, 1.54) is 4.31 Å². The van der Waals surface area contributed by atoms with E-state index in [4.69, 9.17) is 23.2 Å². The van der Waals surface area contributed by atoms with Crippen molar-refractivity contribution in [3.05, 3.63) is 63.6 Å². The quantitative estimate of drug-likeness (QED) is 0.678. The average molecular weight is 441 g/mol. The van der Waals surface area contributed by atoms with E-state index >= 15 is 0 Å². The van der Waals surface area contributed by atoms with Gasteiger partial charge in [-0.2, -0.15) is 4.31 Å². The molecule has 5 nitrogen and oxygen atoms in total. The Morgan fingerprint density at radius 1 is 1.04 bits per heavy atom. The summed E-state index contributed by atoms with van der Waals surface area (Å²) in [5, 5.41) is 0.740. The fourth-order valence-corrected chi connectivity index (χ4v) is 4.84. The summed E-state index contributed by atoms with van der Waals surface area (Å²) in [4.78, 5) is 14.5. The van der Waals surface area contributed by atoms with E-state index in [2.05, 4.69) is 0 Å². The third-order valence-electron chi connectivity index (χ3n) is 4.77. The molecule has 0 bridgehead atoms. The maximum Gasteiger partial charge on any atom is 0.243 e. The average Bonchev–Trinajstić information content (AvgIpc) is 3.19. The van der Waals surface area contributed by atoms with Gasteiger partial charge in [-0.25, -0.2) is 8.42 Å². The summed E-state index contributed by atoms with van der Waals surface area (Å²) in [6, 6.07) is 11.6. The highest BCUT2D eigenvalue weighted by Gasteiger charge is 2.29. The van der Waals surface area contributed by atoms with E-state index in [0.29, 0.717) is 28.7 Å². The topological polar surface area (TPSA) is 57.7 Å². The van der Waals surface area contributed by atoms with Gasteiger partial charge in [-0.05, 0) is 49.6 Å². The minimum atomic E-state index is -3.85. The van der Waals surface area contributed by atoms with E-state index in [1.54, 1.807) is 47.4 Å². The molecule has 2 aromatic rings. The van der Waals surface area contributed by atoms with Gasteiger partial charge in [-0.3, -0.25) is 4.79 Å². The zero-order valence-electron chi connectivity index (χ0n) is 15.6. The van der Waals surface area contributed by atoms with Gasteiger partial charge in [-0.1, -0.05) is 47.0 Å². The molecule has 0 saturated carbocycles. The first-order valence-corrected chi connectivity index (χ1v) is 11.3. The van der Waals surface area contributed by atoms with Crippen LogP contribution in [0.3, 0.4) is 0 Å². The van der Waals surface area contributed by atoms with Gasteiger partial charge in [0.2, 0.25) is 15.9 Å². The maximum absolute atomic E-state index is 13.2. The van der Waals surface area contributed by atoms with Crippen molar-refractivity contribution in [1.82, 2.24) is 9.21 Å². The summed E-state index contributed by atoms with van der Waals surface area (Å²) in [5.74, 6) is -0.187. The zero-order valence-corrected chi connectivity index (χ0v) is 17.9. The molecule has 0 spiro atoms. The standard InChI is InChI=1S/C20H22Cl2N2O3S/c1-15-4-7-17(8-5-15)28(26,27)24(14-20(25)23-10-2-3-11-23)13-16-6-9-18(21)19(22)12-16/h4-9,12H,2-3,10-11,13-14H2,1H3. The highest BCUT2D eigenvalue weighted by molar-refractivity contribution is 7.89. The number of carbonyl (C=O) groups is 1. The Hall–Kier alpha value is -1.60. The van der Waals surface area contributed by atoms with E-state index in [1.807, 2.05) is 6.92 Å². The lowest BCUT2D eigenvalue weighted by Crippen LogP contribution is -2.41. The molecule has 2 aromatic carbocycles. The summed E-state index contributed by atoms with van der Waals surface area (Å²) in [6.45, 7) is 3.05. The minimum absolute atomic E-state index is 0.0344. The van der Waals surface area contributed by atoms with Crippen LogP contribution < -0.4 is 0 Å². The van der Waals surface area contributed by atoms with Crippen LogP contribution in [0.15, 0.2) is 47.4 Å². The van der Waals surface area contributed by atoms with E-state index < -0.39 is 10.0 Å². The molecule has 0 N–H and O–H groups in total. The van der Waals surface area contributed by atoms with E-state index in [0.717, 1.165) is 18.4 Å². The number of carbonyl (C=O) groups excluding carboxylic acids is 1. The summed E-state index contributed by atoms with van der Waals surface area (Å²) in [7, 11) is -3.85. The number of halogens is 2. The van der Waals surface area contributed by atoms with Crippen LogP contribution in [0.2, 0.25) is 10.0 Å². The predicted octanol–water partition coefficient (Wildman–Crippen LogP) is 4.12. The highest BCUT2D eigenvalue weighted by Crippen LogP contribution is 2.25. The molecule has 0 aliphatic carbocycles. The summed E-state index contributed by atoms with van der Waals surface area (Å²) < 4.78 is 27.7. The molecule has 0 unspecified atom stereocenters. The first-order chi connectivity index (χ1) is 13.3. The van der Waals surface area contributed by atoms with Gasteiger partial charge in [0.25, 0.3) is 0 Å². The second kappa shape index (κ2) is 8.82. The lowest BCUT2D eigenvalue weighted by molar-refractivity contribution is -0.130. The van der Waals surface area contributed by atoms with Crippen LogP contribution in [0.4, 0.5) is 0 Å². The smallest absolute Gasteiger partial charge is 0.243 e. The molecule has 28 heavy (non-hydrogen) atoms. The Morgan fingerprint density at radius 3 is 2.29 bits per heavy atom. The van der Waals surface area contributed by atoms with Gasteiger partial charge in [0.1, 0.15) is 0 Å². The van der Waals surface area contributed by atoms with Crippen LogP contribution in [0.5, 0.6) is 0 Å². The van der Waals surface area contributed by atoms with E-state index in [9.17, 15) is 13.2 Å². The molecular formula is C20H22Cl2N2O3S. The number of benzene rings is 2. The summed E-state index contributed by atoms with van der Waals surface area (Å²) in [5.41, 5.74) is 1.63. The van der Waals surface area contributed by atoms with Crippen LogP contribution >= 0.6 is 23.2 Å². The van der Waals surface area contributed by atoms with Crippen molar-refractivity contribution < 1.29 is 13.2 Å². The number of amides is 1. The molecular weight excluding hydrogens is 419 g/mol. The van der Waals surface area contributed by atoms with Crippen molar-refractivity contribution in [2.45, 2.75) is 31.2 Å². The Labute approximate surface area is 175 Å². The lowest BCUT2D eigenvalue weighted by Gasteiger charge is -2.25. The number of sulfonamides is 1. The van der Waals surface area contributed by atoms with Gasteiger partial charge in [0.15, 0.2) is 0 Å². The summed E-state index contributed by atoms with van der Waals surface area (Å²) >= 11 is 12.0. The molecule has 3 rings (SSSR count). The third kappa shape index (κ3) is 4.87. The van der Waals surface area contributed by atoms with Crippen LogP contribution in [-0.2, 0) is 21.4 Å². The monoisotopic (exact) mass is 440 g/mol. The number of nitrogens with zero attached hydrogens (tertiary/aromatic N) is 2. The number of aryl methyl sites for hydroxylation is 1. The van der Waals surface area contributed by atoms with Crippen LogP contribution in [0.25, 0.3) is 0 Å². The molecule has 0 atom stereocenters. The number of rotatable bonds is 6. The predicted molar refractivity (Wildman–Crippen MR) is 111 cm³/mol. The number of likely N-dealkylation sites (tertiary alicyclic amines) is 1. The van der Waals surface area contributed by atoms with Gasteiger partial charge in [-0.15, -0.1) is 0 Å². The summed E-state index contributed by atoms with van der Waals surface area (Å²) in [6.07, 6.45) is 1.90. The lowest BCUT2D eigenvalue weighted by atomic mass is 10.2. The number of hydrogen-bond donors (Lipinski definition) is 0. The van der Waals surface area contributed by atoms with E-state index in [-0.39, 0.29) is 23.9 Å². The van der Waals surface area contributed by atoms with Crippen LogP contribution in [-0.4, -0.2) is 43.2 Å². The van der Waals surface area contributed by atoms with Crippen molar-refractivity contribution in [1.29, 1.82) is 0 Å². The third-order valence-corrected chi connectivity index (χ3v) is 7.32. The zero-order chi connectivity index (χ0) is 20.3. The molecule has 1 fully saturated rings. The first kappa shape index (κ1) is 21.1. The Kier molecular flexibility index (Phi) is 6.65. The fourth-order valence-electron chi connectivity index (χ4n) is 3.14. The van der Waals surface area contributed by atoms with Crippen molar-refractivity contribution in [3.63, 3.8) is 0 Å². The van der Waals surface area contributed by atoms with Crippen LogP contribution in [0.1, 0.15) is 24.0 Å². The van der Waals surface area contributed by atoms with Crippen molar-refractivity contribution in [3.8, 4) is 0 Å². The maximum atomic E-state index is 13.2. The molecule has 1 amide bonds. The number of hydrogen-bond acceptors (Lipinski definition) is 3. The molecule has 1 heterocycles. The van der Waals surface area contributed by atoms with Gasteiger partial charge in [0, 0.05) is 19.6 Å². The first-order valence-electron chi connectivity index (χ1n) is 9.06. The molecule has 1 aliphatic heterocycles. The Balaban J connectivity index is 1.91. The van der Waals surface area contributed by atoms with Gasteiger partial charge < -0.3 is 4.90 Å². The SMILES string of the molecule is Cc1ccc(S(=O)(=O)N(CC(=O)N2CCCC2)Cc2ccc(Cl)c(Cl)c2)cc1. The fraction of sp³-hybridized carbons (Fsp3) is 0.350. The van der Waals surface area contributed by atoms with Crippen LogP contribution in [0, 0.1) is 6.92 Å². The molecule has 0 radical (unpaired) electrons. The second-order valence-electron chi connectivity index (χ2n) is 6.92. The van der Waals surface area contributed by atoms with Crippen molar-refractivity contribution in [2.75, 3.05) is 19.6 Å². The minimum Gasteiger partial charge on any atom is -0.342 e. The molecule has 150 valence electrons. The Morgan fingerprint density at radius 2 is 1.68 bits per heavy atom. The molecule has 8 heteroatoms. The highest BCUT2D eigenvalue weighted by atomic mass is 35.5. The molecule has 1 aliphatic rings. The second-order valence-corrected chi connectivity index (χ2v) is 9.67. The molecule has 0 aromatic heterocycles. The van der Waals surface area contributed by atoms with Crippen molar-refractivity contribution in [2.24, 2.45) is 0 Å². The largest absolute Gasteiger partial charge is 0.342 e. The van der Waals surface area contributed by atoms with Gasteiger partial charge >= 0.3 is 0 Å². The van der Waals surface area contributed by atoms with Gasteiger partial charge in [0.05, 0.1) is 21.5 Å². The normalized spacial score (nSPS) is 14.6. The Bertz CT molecular complexity index is 956.